The predicted molar refractivity (Wildman–Crippen MR) is 122 cm³/mol. The third kappa shape index (κ3) is 5.66. The number of anilines is 1. The summed E-state index contributed by atoms with van der Waals surface area (Å²) in [5.41, 5.74) is 1.47. The molecule has 1 aliphatic rings. The highest BCUT2D eigenvalue weighted by molar-refractivity contribution is 7.89. The highest BCUT2D eigenvalue weighted by Gasteiger charge is 2.26. The number of hydrogen-bond donors (Lipinski definition) is 2. The van der Waals surface area contributed by atoms with E-state index in [1.165, 1.54) is 10.4 Å². The normalized spacial score (nSPS) is 14.6. The molecule has 2 amide bonds. The number of piperidine rings is 1. The van der Waals surface area contributed by atoms with Crippen LogP contribution in [0.1, 0.15) is 42.1 Å². The summed E-state index contributed by atoms with van der Waals surface area (Å²) in [6.07, 6.45) is 2.73. The Hall–Kier alpha value is -2.91. The summed E-state index contributed by atoms with van der Waals surface area (Å²) in [4.78, 5) is 25.1. The Bertz CT molecular complexity index is 1080. The molecule has 1 saturated heterocycles. The van der Waals surface area contributed by atoms with E-state index in [0.29, 0.717) is 36.7 Å². The van der Waals surface area contributed by atoms with Gasteiger partial charge in [-0.05, 0) is 56.5 Å². The maximum atomic E-state index is 12.9. The van der Waals surface area contributed by atoms with Crippen molar-refractivity contribution >= 4 is 27.5 Å². The third-order valence-corrected chi connectivity index (χ3v) is 7.17. The van der Waals surface area contributed by atoms with Crippen LogP contribution in [-0.2, 0) is 14.8 Å². The van der Waals surface area contributed by atoms with Gasteiger partial charge >= 0.3 is 0 Å². The van der Waals surface area contributed by atoms with Gasteiger partial charge in [0, 0.05) is 18.8 Å². The second-order valence-electron chi connectivity index (χ2n) is 7.60. The van der Waals surface area contributed by atoms with E-state index in [0.717, 1.165) is 24.8 Å². The minimum absolute atomic E-state index is 0.148. The van der Waals surface area contributed by atoms with Crippen LogP contribution in [0, 0.1) is 6.92 Å². The van der Waals surface area contributed by atoms with Crippen molar-refractivity contribution in [3.05, 3.63) is 53.6 Å². The van der Waals surface area contributed by atoms with E-state index in [4.69, 9.17) is 4.74 Å². The lowest BCUT2D eigenvalue weighted by Crippen LogP contribution is -2.35. The number of nitrogens with zero attached hydrogens (tertiary/aromatic N) is 1. The number of nitrogens with one attached hydrogen (secondary N) is 2. The minimum Gasteiger partial charge on any atom is -0.493 e. The lowest BCUT2D eigenvalue weighted by molar-refractivity contribution is -0.115. The van der Waals surface area contributed by atoms with Crippen LogP contribution in [0.5, 0.6) is 5.75 Å². The van der Waals surface area contributed by atoms with Gasteiger partial charge in [0.1, 0.15) is 5.75 Å². The van der Waals surface area contributed by atoms with Gasteiger partial charge in [0.05, 0.1) is 23.6 Å². The number of sulfonamides is 1. The molecule has 1 heterocycles. The molecule has 9 heteroatoms. The zero-order valence-electron chi connectivity index (χ0n) is 18.4. The van der Waals surface area contributed by atoms with E-state index in [1.54, 1.807) is 43.3 Å². The first-order chi connectivity index (χ1) is 15.3. The van der Waals surface area contributed by atoms with Crippen molar-refractivity contribution in [2.75, 3.05) is 31.6 Å². The van der Waals surface area contributed by atoms with Gasteiger partial charge in [0.25, 0.3) is 5.91 Å². The van der Waals surface area contributed by atoms with Gasteiger partial charge in [0.2, 0.25) is 15.9 Å². The first-order valence-corrected chi connectivity index (χ1v) is 12.2. The van der Waals surface area contributed by atoms with Crippen LogP contribution in [0.2, 0.25) is 0 Å². The Morgan fingerprint density at radius 2 is 1.78 bits per heavy atom. The van der Waals surface area contributed by atoms with Gasteiger partial charge < -0.3 is 15.4 Å². The molecule has 0 spiro atoms. The van der Waals surface area contributed by atoms with Crippen molar-refractivity contribution in [2.24, 2.45) is 0 Å². The van der Waals surface area contributed by atoms with Crippen molar-refractivity contribution in [2.45, 2.75) is 38.0 Å². The first kappa shape index (κ1) is 23.7. The average molecular weight is 460 g/mol. The van der Waals surface area contributed by atoms with E-state index < -0.39 is 21.8 Å². The molecule has 0 radical (unpaired) electrons. The molecule has 32 heavy (non-hydrogen) atoms. The summed E-state index contributed by atoms with van der Waals surface area (Å²) in [6.45, 7) is 4.77. The maximum absolute atomic E-state index is 12.9. The Morgan fingerprint density at radius 3 is 2.50 bits per heavy atom. The maximum Gasteiger partial charge on any atom is 0.255 e. The summed E-state index contributed by atoms with van der Waals surface area (Å²) in [5.74, 6) is -0.440. The standard InChI is InChI=1S/C23H29N3O5S/c1-3-31-21-10-6-5-9-19(21)23(28)24-16-22(27)25-20-15-18(12-11-17(20)2)32(29,30)26-13-7-4-8-14-26/h5-6,9-12,15H,3-4,7-8,13-14,16H2,1-2H3,(H,24,28)(H,25,27). The number of carbonyl (C=O) groups is 2. The molecule has 0 bridgehead atoms. The molecule has 2 aromatic rings. The molecule has 172 valence electrons. The number of ether oxygens (including phenoxy) is 1. The fourth-order valence-electron chi connectivity index (χ4n) is 3.54. The number of amides is 2. The molecule has 3 rings (SSSR count). The van der Waals surface area contributed by atoms with Crippen molar-refractivity contribution < 1.29 is 22.7 Å². The molecule has 2 N–H and O–H groups in total. The summed E-state index contributed by atoms with van der Waals surface area (Å²) in [7, 11) is -3.61. The van der Waals surface area contributed by atoms with Crippen LogP contribution < -0.4 is 15.4 Å². The summed E-state index contributed by atoms with van der Waals surface area (Å²) in [6, 6.07) is 11.5. The summed E-state index contributed by atoms with van der Waals surface area (Å²) < 4.78 is 32.8. The van der Waals surface area contributed by atoms with Gasteiger partial charge in [-0.1, -0.05) is 24.6 Å². The van der Waals surface area contributed by atoms with Crippen LogP contribution in [0.15, 0.2) is 47.4 Å². The van der Waals surface area contributed by atoms with Gasteiger partial charge in [-0.2, -0.15) is 4.31 Å². The second kappa shape index (κ2) is 10.6. The molecule has 0 saturated carbocycles. The quantitative estimate of drug-likeness (QED) is 0.632. The molecule has 2 aromatic carbocycles. The van der Waals surface area contributed by atoms with E-state index in [2.05, 4.69) is 10.6 Å². The Balaban J connectivity index is 1.66. The smallest absolute Gasteiger partial charge is 0.255 e. The zero-order valence-corrected chi connectivity index (χ0v) is 19.2. The summed E-state index contributed by atoms with van der Waals surface area (Å²) >= 11 is 0. The highest BCUT2D eigenvalue weighted by Crippen LogP contribution is 2.25. The van der Waals surface area contributed by atoms with Crippen LogP contribution in [0.25, 0.3) is 0 Å². The van der Waals surface area contributed by atoms with Gasteiger partial charge in [-0.15, -0.1) is 0 Å². The molecule has 0 atom stereocenters. The lowest BCUT2D eigenvalue weighted by atomic mass is 10.2. The fourth-order valence-corrected chi connectivity index (χ4v) is 5.08. The van der Waals surface area contributed by atoms with Crippen molar-refractivity contribution in [3.8, 4) is 5.75 Å². The third-order valence-electron chi connectivity index (χ3n) is 5.28. The SMILES string of the molecule is CCOc1ccccc1C(=O)NCC(=O)Nc1cc(S(=O)(=O)N2CCCCC2)ccc1C. The van der Waals surface area contributed by atoms with Gasteiger partial charge in [0.15, 0.2) is 0 Å². The van der Waals surface area contributed by atoms with Crippen molar-refractivity contribution in [1.29, 1.82) is 0 Å². The molecular formula is C23H29N3O5S. The van der Waals surface area contributed by atoms with Crippen LogP contribution >= 0.6 is 0 Å². The summed E-state index contributed by atoms with van der Waals surface area (Å²) in [5, 5.41) is 5.28. The van der Waals surface area contributed by atoms with E-state index in [9.17, 15) is 18.0 Å². The second-order valence-corrected chi connectivity index (χ2v) is 9.54. The van der Waals surface area contributed by atoms with Crippen molar-refractivity contribution in [1.82, 2.24) is 9.62 Å². The lowest BCUT2D eigenvalue weighted by Gasteiger charge is -2.26. The topological polar surface area (TPSA) is 105 Å². The Labute approximate surface area is 189 Å². The largest absolute Gasteiger partial charge is 0.493 e. The Kier molecular flexibility index (Phi) is 7.87. The van der Waals surface area contributed by atoms with E-state index in [1.807, 2.05) is 6.92 Å². The van der Waals surface area contributed by atoms with Gasteiger partial charge in [-0.3, -0.25) is 9.59 Å². The first-order valence-electron chi connectivity index (χ1n) is 10.7. The van der Waals surface area contributed by atoms with E-state index in [-0.39, 0.29) is 11.4 Å². The van der Waals surface area contributed by atoms with Gasteiger partial charge in [-0.25, -0.2) is 8.42 Å². The van der Waals surface area contributed by atoms with Crippen LogP contribution in [0.3, 0.4) is 0 Å². The molecule has 0 unspecified atom stereocenters. The number of para-hydroxylation sites is 1. The number of carbonyl (C=O) groups excluding carboxylic acids is 2. The molecule has 1 aliphatic heterocycles. The minimum atomic E-state index is -3.61. The molecule has 1 fully saturated rings. The average Bonchev–Trinajstić information content (AvgIpc) is 2.80. The molecule has 0 aromatic heterocycles. The van der Waals surface area contributed by atoms with Crippen LogP contribution in [-0.4, -0.2) is 50.8 Å². The number of benzene rings is 2. The van der Waals surface area contributed by atoms with E-state index >= 15 is 0 Å². The monoisotopic (exact) mass is 459 g/mol. The molecule has 0 aliphatic carbocycles. The van der Waals surface area contributed by atoms with Crippen molar-refractivity contribution in [3.63, 3.8) is 0 Å². The van der Waals surface area contributed by atoms with Crippen LogP contribution in [0.4, 0.5) is 5.69 Å². The highest BCUT2D eigenvalue weighted by atomic mass is 32.2. The molecule has 8 nitrogen and oxygen atoms in total. The zero-order chi connectivity index (χ0) is 23.1. The predicted octanol–water partition coefficient (Wildman–Crippen LogP) is 2.94. The number of hydrogen-bond acceptors (Lipinski definition) is 5. The fraction of sp³-hybridized carbons (Fsp3) is 0.391. The number of aryl methyl sites for hydroxylation is 1. The Morgan fingerprint density at radius 1 is 1.06 bits per heavy atom. The number of rotatable bonds is 8. The molecular weight excluding hydrogens is 430 g/mol.